The number of furan rings is 1. The van der Waals surface area contributed by atoms with E-state index in [9.17, 15) is 4.79 Å². The predicted molar refractivity (Wildman–Crippen MR) is 95.2 cm³/mol. The van der Waals surface area contributed by atoms with Crippen LogP contribution in [0.25, 0.3) is 6.08 Å². The molecule has 1 amide bonds. The van der Waals surface area contributed by atoms with Crippen LogP contribution < -0.4 is 4.90 Å². The van der Waals surface area contributed by atoms with Gasteiger partial charge in [-0.3, -0.25) is 4.79 Å². The number of aryl methyl sites for hydroxylation is 2. The van der Waals surface area contributed by atoms with Gasteiger partial charge in [-0.2, -0.15) is 5.10 Å². The Morgan fingerprint density at radius 1 is 1.12 bits per heavy atom. The van der Waals surface area contributed by atoms with Crippen LogP contribution in [-0.4, -0.2) is 47.2 Å². The van der Waals surface area contributed by atoms with Gasteiger partial charge in [0.2, 0.25) is 5.91 Å². The van der Waals surface area contributed by atoms with Crippen molar-refractivity contribution in [3.05, 3.63) is 47.6 Å². The Morgan fingerprint density at radius 3 is 2.76 bits per heavy atom. The second kappa shape index (κ2) is 7.09. The molecule has 2 aromatic rings. The Balaban J connectivity index is 1.36. The van der Waals surface area contributed by atoms with Gasteiger partial charge in [-0.25, -0.2) is 0 Å². The summed E-state index contributed by atoms with van der Waals surface area (Å²) in [7, 11) is 0. The van der Waals surface area contributed by atoms with Crippen molar-refractivity contribution < 1.29 is 9.21 Å². The summed E-state index contributed by atoms with van der Waals surface area (Å²) in [6.45, 7) is 2.96. The zero-order valence-electron chi connectivity index (χ0n) is 14.2. The molecule has 0 N–H and O–H groups in total. The molecule has 1 aliphatic heterocycles. The molecule has 0 atom stereocenters. The van der Waals surface area contributed by atoms with Crippen molar-refractivity contribution in [2.24, 2.45) is 0 Å². The molecule has 25 heavy (non-hydrogen) atoms. The van der Waals surface area contributed by atoms with Gasteiger partial charge in [0.25, 0.3) is 0 Å². The minimum Gasteiger partial charge on any atom is -0.465 e. The molecule has 130 valence electrons. The largest absolute Gasteiger partial charge is 0.465 e. The van der Waals surface area contributed by atoms with Crippen molar-refractivity contribution in [2.75, 3.05) is 31.1 Å². The van der Waals surface area contributed by atoms with Gasteiger partial charge in [-0.1, -0.05) is 0 Å². The van der Waals surface area contributed by atoms with Crippen molar-refractivity contribution in [3.8, 4) is 0 Å². The van der Waals surface area contributed by atoms with E-state index in [0.717, 1.165) is 37.4 Å². The summed E-state index contributed by atoms with van der Waals surface area (Å²) in [5.41, 5.74) is 2.50. The molecule has 1 fully saturated rings. The number of anilines is 1. The van der Waals surface area contributed by atoms with Gasteiger partial charge in [0.1, 0.15) is 5.76 Å². The molecule has 1 saturated heterocycles. The van der Waals surface area contributed by atoms with Crippen LogP contribution in [0.4, 0.5) is 5.82 Å². The molecular formula is C19H22N4O2. The monoisotopic (exact) mass is 338 g/mol. The summed E-state index contributed by atoms with van der Waals surface area (Å²) in [4.78, 5) is 16.4. The molecule has 6 heteroatoms. The molecule has 6 nitrogen and oxygen atoms in total. The number of nitrogens with zero attached hydrogens (tertiary/aromatic N) is 4. The molecule has 0 bridgehead atoms. The highest BCUT2D eigenvalue weighted by Crippen LogP contribution is 2.23. The lowest BCUT2D eigenvalue weighted by molar-refractivity contribution is -0.126. The molecule has 0 aromatic carbocycles. The number of hydrogen-bond donors (Lipinski definition) is 0. The number of fused-ring (bicyclic) bond motifs is 1. The zero-order valence-corrected chi connectivity index (χ0v) is 14.2. The third-order valence-electron chi connectivity index (χ3n) is 4.91. The first-order chi connectivity index (χ1) is 12.3. The standard InChI is InChI=1S/C19H22N4O2/c24-19(8-7-16-5-3-13-25-16)23-11-9-22(10-12-23)18-14-15-4-1-2-6-17(15)20-21-18/h3,5,7-8,13-14H,1-2,4,6,9-12H2. The van der Waals surface area contributed by atoms with E-state index in [1.807, 2.05) is 17.0 Å². The maximum absolute atomic E-state index is 12.3. The van der Waals surface area contributed by atoms with E-state index in [2.05, 4.69) is 21.2 Å². The van der Waals surface area contributed by atoms with E-state index < -0.39 is 0 Å². The smallest absolute Gasteiger partial charge is 0.246 e. The number of rotatable bonds is 3. The summed E-state index contributed by atoms with van der Waals surface area (Å²) >= 11 is 0. The normalized spacial score (nSPS) is 17.8. The molecule has 2 aromatic heterocycles. The minimum absolute atomic E-state index is 0.0209. The first-order valence-electron chi connectivity index (χ1n) is 8.90. The van der Waals surface area contributed by atoms with E-state index in [1.54, 1.807) is 18.4 Å². The topological polar surface area (TPSA) is 62.5 Å². The van der Waals surface area contributed by atoms with Crippen LogP contribution in [0.1, 0.15) is 29.9 Å². The Morgan fingerprint density at radius 2 is 1.96 bits per heavy atom. The third kappa shape index (κ3) is 3.57. The van der Waals surface area contributed by atoms with Crippen LogP contribution in [0.3, 0.4) is 0 Å². The first kappa shape index (κ1) is 15.9. The van der Waals surface area contributed by atoms with Crippen molar-refractivity contribution in [1.82, 2.24) is 15.1 Å². The van der Waals surface area contributed by atoms with E-state index in [4.69, 9.17) is 4.42 Å². The van der Waals surface area contributed by atoms with E-state index in [-0.39, 0.29) is 5.91 Å². The fraction of sp³-hybridized carbons (Fsp3) is 0.421. The number of carbonyl (C=O) groups excluding carboxylic acids is 1. The Kier molecular flexibility index (Phi) is 4.50. The van der Waals surface area contributed by atoms with Gasteiger partial charge < -0.3 is 14.2 Å². The molecule has 0 spiro atoms. The highest BCUT2D eigenvalue weighted by atomic mass is 16.3. The van der Waals surface area contributed by atoms with Gasteiger partial charge in [-0.15, -0.1) is 5.10 Å². The maximum Gasteiger partial charge on any atom is 0.246 e. The SMILES string of the molecule is O=C(C=Cc1ccco1)N1CCN(c2cc3c(nn2)CCCC3)CC1. The number of piperazine rings is 1. The molecule has 4 rings (SSSR count). The van der Waals surface area contributed by atoms with Crippen LogP contribution >= 0.6 is 0 Å². The summed E-state index contributed by atoms with van der Waals surface area (Å²) in [6.07, 6.45) is 9.50. The molecule has 0 radical (unpaired) electrons. The van der Waals surface area contributed by atoms with Gasteiger partial charge in [0.05, 0.1) is 12.0 Å². The van der Waals surface area contributed by atoms with Crippen molar-refractivity contribution in [2.45, 2.75) is 25.7 Å². The molecule has 3 heterocycles. The molecule has 1 aliphatic carbocycles. The Labute approximate surface area is 147 Å². The van der Waals surface area contributed by atoms with Crippen molar-refractivity contribution in [3.63, 3.8) is 0 Å². The predicted octanol–water partition coefficient (Wildman–Crippen LogP) is 2.31. The van der Waals surface area contributed by atoms with Gasteiger partial charge >= 0.3 is 0 Å². The lowest BCUT2D eigenvalue weighted by Crippen LogP contribution is -2.48. The van der Waals surface area contributed by atoms with Crippen LogP contribution in [0, 0.1) is 0 Å². The molecular weight excluding hydrogens is 316 g/mol. The van der Waals surface area contributed by atoms with Gasteiger partial charge in [0, 0.05) is 32.3 Å². The second-order valence-corrected chi connectivity index (χ2v) is 6.54. The number of hydrogen-bond acceptors (Lipinski definition) is 5. The van der Waals surface area contributed by atoms with E-state index >= 15 is 0 Å². The first-order valence-corrected chi connectivity index (χ1v) is 8.90. The van der Waals surface area contributed by atoms with Crippen molar-refractivity contribution >= 4 is 17.8 Å². The maximum atomic E-state index is 12.3. The van der Waals surface area contributed by atoms with Crippen LogP contribution in [0.5, 0.6) is 0 Å². The fourth-order valence-electron chi connectivity index (χ4n) is 3.43. The highest BCUT2D eigenvalue weighted by molar-refractivity contribution is 5.91. The molecule has 0 saturated carbocycles. The highest BCUT2D eigenvalue weighted by Gasteiger charge is 2.22. The third-order valence-corrected chi connectivity index (χ3v) is 4.91. The minimum atomic E-state index is 0.0209. The van der Waals surface area contributed by atoms with Crippen LogP contribution in [0.2, 0.25) is 0 Å². The summed E-state index contributed by atoms with van der Waals surface area (Å²) in [6, 6.07) is 5.83. The van der Waals surface area contributed by atoms with E-state index in [0.29, 0.717) is 18.8 Å². The lowest BCUT2D eigenvalue weighted by atomic mass is 9.97. The Hall–Kier alpha value is -2.63. The second-order valence-electron chi connectivity index (χ2n) is 6.54. The average Bonchev–Trinajstić information content (AvgIpc) is 3.19. The van der Waals surface area contributed by atoms with Gasteiger partial charge in [0.15, 0.2) is 5.82 Å². The van der Waals surface area contributed by atoms with Crippen LogP contribution in [-0.2, 0) is 17.6 Å². The van der Waals surface area contributed by atoms with Crippen LogP contribution in [0.15, 0.2) is 35.0 Å². The average molecular weight is 338 g/mol. The summed E-state index contributed by atoms with van der Waals surface area (Å²) in [5, 5.41) is 8.81. The summed E-state index contributed by atoms with van der Waals surface area (Å²) < 4.78 is 5.21. The lowest BCUT2D eigenvalue weighted by Gasteiger charge is -2.35. The quantitative estimate of drug-likeness (QED) is 0.804. The Bertz CT molecular complexity index is 762. The number of aromatic nitrogens is 2. The fourth-order valence-corrected chi connectivity index (χ4v) is 3.43. The molecule has 2 aliphatic rings. The van der Waals surface area contributed by atoms with E-state index in [1.165, 1.54) is 18.4 Å². The summed E-state index contributed by atoms with van der Waals surface area (Å²) in [5.74, 6) is 1.66. The van der Waals surface area contributed by atoms with Crippen molar-refractivity contribution in [1.29, 1.82) is 0 Å². The molecule has 0 unspecified atom stereocenters. The zero-order chi connectivity index (χ0) is 17.1. The number of carbonyl (C=O) groups is 1. The van der Waals surface area contributed by atoms with Gasteiger partial charge in [-0.05, 0) is 55.5 Å². The number of amides is 1.